The van der Waals surface area contributed by atoms with Gasteiger partial charge in [0.2, 0.25) is 5.82 Å². The van der Waals surface area contributed by atoms with Gasteiger partial charge in [-0.05, 0) is 22.9 Å². The van der Waals surface area contributed by atoms with Crippen LogP contribution < -0.4 is 9.64 Å². The molecule has 0 fully saturated rings. The molecule has 0 unspecified atom stereocenters. The summed E-state index contributed by atoms with van der Waals surface area (Å²) in [7, 11) is 3.13. The van der Waals surface area contributed by atoms with E-state index in [-0.39, 0.29) is 17.4 Å². The van der Waals surface area contributed by atoms with Gasteiger partial charge >= 0.3 is 11.6 Å². The second-order valence-electron chi connectivity index (χ2n) is 6.19. The molecule has 9 nitrogen and oxygen atoms in total. The molecule has 152 valence electrons. The summed E-state index contributed by atoms with van der Waals surface area (Å²) in [6.07, 6.45) is 1.26. The zero-order valence-corrected chi connectivity index (χ0v) is 16.3. The molecule has 2 aromatic carbocycles. The van der Waals surface area contributed by atoms with E-state index < -0.39 is 4.92 Å². The van der Waals surface area contributed by atoms with Gasteiger partial charge in [-0.25, -0.2) is 4.98 Å². The first-order chi connectivity index (χ1) is 14.1. The Morgan fingerprint density at radius 1 is 1.00 bits per heavy atom. The van der Waals surface area contributed by atoms with Crippen LogP contribution in [0, 0.1) is 10.1 Å². The van der Waals surface area contributed by atoms with Crippen molar-refractivity contribution in [2.45, 2.75) is 0 Å². The summed E-state index contributed by atoms with van der Waals surface area (Å²) in [5.41, 5.74) is -0.298. The number of anilines is 1. The number of aromatic nitrogens is 2. The number of nitro groups is 1. The molecule has 0 aliphatic rings. The quantitative estimate of drug-likeness (QED) is 0.378. The molecule has 0 atom stereocenters. The highest BCUT2D eigenvalue weighted by molar-refractivity contribution is 5.83. The van der Waals surface area contributed by atoms with E-state index in [1.807, 2.05) is 36.4 Å². The Hall–Kier alpha value is -3.30. The fraction of sp³-hybridized carbons (Fsp3) is 0.300. The van der Waals surface area contributed by atoms with Crippen molar-refractivity contribution in [1.82, 2.24) is 9.97 Å². The van der Waals surface area contributed by atoms with Crippen molar-refractivity contribution in [2.75, 3.05) is 45.4 Å². The molecule has 9 heteroatoms. The summed E-state index contributed by atoms with van der Waals surface area (Å²) < 4.78 is 16.0. The Balaban J connectivity index is 1.97. The maximum absolute atomic E-state index is 11.9. The molecule has 0 bridgehead atoms. The summed E-state index contributed by atoms with van der Waals surface area (Å²) >= 11 is 0. The normalized spacial score (nSPS) is 10.8. The van der Waals surface area contributed by atoms with Crippen molar-refractivity contribution in [1.29, 1.82) is 0 Å². The lowest BCUT2D eigenvalue weighted by Crippen LogP contribution is -2.32. The Kier molecular flexibility index (Phi) is 6.88. The van der Waals surface area contributed by atoms with Gasteiger partial charge in [0.25, 0.3) is 0 Å². The lowest BCUT2D eigenvalue weighted by atomic mass is 10.1. The topological polar surface area (TPSA) is 99.9 Å². The molecule has 0 saturated heterocycles. The van der Waals surface area contributed by atoms with Crippen molar-refractivity contribution < 1.29 is 19.1 Å². The summed E-state index contributed by atoms with van der Waals surface area (Å²) in [5, 5.41) is 13.9. The van der Waals surface area contributed by atoms with Gasteiger partial charge in [-0.1, -0.05) is 30.3 Å². The zero-order chi connectivity index (χ0) is 20.6. The standard InChI is InChI=1S/C20H22N4O5/c1-27-11-9-23(10-12-28-2)19-18(24(25)26)20(22-14-21-19)29-17-8-7-15-5-3-4-6-16(15)13-17/h3-8,13-14H,9-12H2,1-2H3. The van der Waals surface area contributed by atoms with Crippen molar-refractivity contribution in [3.63, 3.8) is 0 Å². The third kappa shape index (κ3) is 4.95. The predicted octanol–water partition coefficient (Wildman–Crippen LogP) is 3.43. The monoisotopic (exact) mass is 398 g/mol. The number of benzene rings is 2. The molecular weight excluding hydrogens is 376 g/mol. The fourth-order valence-electron chi connectivity index (χ4n) is 2.89. The third-order valence-corrected chi connectivity index (χ3v) is 4.32. The van der Waals surface area contributed by atoms with Crippen LogP contribution in [0.1, 0.15) is 0 Å². The molecular formula is C20H22N4O5. The first-order valence-electron chi connectivity index (χ1n) is 9.03. The molecule has 0 N–H and O–H groups in total. The number of hydrogen-bond donors (Lipinski definition) is 0. The van der Waals surface area contributed by atoms with Crippen LogP contribution in [0.2, 0.25) is 0 Å². The SMILES string of the molecule is COCCN(CCOC)c1ncnc(Oc2ccc3ccccc3c2)c1[N+](=O)[O-]. The van der Waals surface area contributed by atoms with E-state index >= 15 is 0 Å². The molecule has 3 rings (SSSR count). The van der Waals surface area contributed by atoms with Gasteiger partial charge in [-0.2, -0.15) is 4.98 Å². The van der Waals surface area contributed by atoms with E-state index in [1.165, 1.54) is 6.33 Å². The van der Waals surface area contributed by atoms with Gasteiger partial charge in [0.05, 0.1) is 18.1 Å². The van der Waals surface area contributed by atoms with Crippen LogP contribution in [0.15, 0.2) is 48.8 Å². The number of fused-ring (bicyclic) bond motifs is 1. The highest BCUT2D eigenvalue weighted by Crippen LogP contribution is 2.36. The summed E-state index contributed by atoms with van der Waals surface area (Å²) in [4.78, 5) is 21.2. The number of ether oxygens (including phenoxy) is 3. The maximum atomic E-state index is 11.9. The van der Waals surface area contributed by atoms with Crippen molar-refractivity contribution in [3.8, 4) is 11.6 Å². The molecule has 0 spiro atoms. The van der Waals surface area contributed by atoms with E-state index in [4.69, 9.17) is 14.2 Å². The van der Waals surface area contributed by atoms with Crippen molar-refractivity contribution in [2.24, 2.45) is 0 Å². The average Bonchev–Trinajstić information content (AvgIpc) is 2.73. The first-order valence-corrected chi connectivity index (χ1v) is 9.03. The molecule has 0 amide bonds. The minimum Gasteiger partial charge on any atom is -0.434 e. The zero-order valence-electron chi connectivity index (χ0n) is 16.3. The largest absolute Gasteiger partial charge is 0.434 e. The van der Waals surface area contributed by atoms with Gasteiger partial charge in [-0.3, -0.25) is 10.1 Å². The maximum Gasteiger partial charge on any atom is 0.373 e. The van der Waals surface area contributed by atoms with E-state index in [1.54, 1.807) is 25.2 Å². The van der Waals surface area contributed by atoms with Crippen molar-refractivity contribution in [3.05, 3.63) is 58.9 Å². The minimum atomic E-state index is -0.529. The van der Waals surface area contributed by atoms with Crippen LogP contribution in [-0.4, -0.2) is 55.4 Å². The van der Waals surface area contributed by atoms with Crippen LogP contribution in [0.3, 0.4) is 0 Å². The molecule has 0 aliphatic carbocycles. The molecule has 1 aromatic heterocycles. The second-order valence-corrected chi connectivity index (χ2v) is 6.19. The number of hydrogen-bond acceptors (Lipinski definition) is 8. The van der Waals surface area contributed by atoms with Gasteiger partial charge in [-0.15, -0.1) is 0 Å². The van der Waals surface area contributed by atoms with Crippen LogP contribution in [0.25, 0.3) is 10.8 Å². The molecule has 3 aromatic rings. The van der Waals surface area contributed by atoms with Crippen LogP contribution in [0.4, 0.5) is 11.5 Å². The summed E-state index contributed by atoms with van der Waals surface area (Å²) in [6, 6.07) is 13.2. The van der Waals surface area contributed by atoms with E-state index in [0.29, 0.717) is 32.1 Å². The highest BCUT2D eigenvalue weighted by Gasteiger charge is 2.28. The van der Waals surface area contributed by atoms with E-state index in [0.717, 1.165) is 10.8 Å². The van der Waals surface area contributed by atoms with Crippen LogP contribution in [-0.2, 0) is 9.47 Å². The van der Waals surface area contributed by atoms with Gasteiger partial charge < -0.3 is 19.1 Å². The van der Waals surface area contributed by atoms with E-state index in [2.05, 4.69) is 9.97 Å². The molecule has 0 radical (unpaired) electrons. The van der Waals surface area contributed by atoms with Gasteiger partial charge in [0.15, 0.2) is 0 Å². The Morgan fingerprint density at radius 3 is 2.34 bits per heavy atom. The Morgan fingerprint density at radius 2 is 1.69 bits per heavy atom. The number of methoxy groups -OCH3 is 2. The first kappa shape index (κ1) is 20.4. The lowest BCUT2D eigenvalue weighted by Gasteiger charge is -2.22. The number of rotatable bonds is 10. The van der Waals surface area contributed by atoms with Crippen LogP contribution >= 0.6 is 0 Å². The number of nitrogens with zero attached hydrogens (tertiary/aromatic N) is 4. The summed E-state index contributed by atoms with van der Waals surface area (Å²) in [5.74, 6) is 0.502. The highest BCUT2D eigenvalue weighted by atomic mass is 16.6. The van der Waals surface area contributed by atoms with Crippen molar-refractivity contribution >= 4 is 22.3 Å². The molecule has 0 aliphatic heterocycles. The van der Waals surface area contributed by atoms with Gasteiger partial charge in [0, 0.05) is 27.3 Å². The van der Waals surface area contributed by atoms with Crippen LogP contribution in [0.5, 0.6) is 11.6 Å². The lowest BCUT2D eigenvalue weighted by molar-refractivity contribution is -0.385. The van der Waals surface area contributed by atoms with Gasteiger partial charge in [0.1, 0.15) is 12.1 Å². The van der Waals surface area contributed by atoms with E-state index in [9.17, 15) is 10.1 Å². The molecule has 29 heavy (non-hydrogen) atoms. The Bertz CT molecular complexity index is 974. The minimum absolute atomic E-state index is 0.116. The average molecular weight is 398 g/mol. The Labute approximate surface area is 168 Å². The molecule has 0 saturated carbocycles. The molecule has 1 heterocycles. The predicted molar refractivity (Wildman–Crippen MR) is 109 cm³/mol. The summed E-state index contributed by atoms with van der Waals surface area (Å²) in [6.45, 7) is 1.58. The fourth-order valence-corrected chi connectivity index (χ4v) is 2.89. The second kappa shape index (κ2) is 9.76. The smallest absolute Gasteiger partial charge is 0.373 e. The third-order valence-electron chi connectivity index (χ3n) is 4.32.